The van der Waals surface area contributed by atoms with Gasteiger partial charge in [-0.1, -0.05) is 17.7 Å². The standard InChI is InChI=1S/C14H16O/c1-15-14-8-4-7-12-11-6-3-2-5-10(11)9-13(12)14/h4,7-8H,2-3,5-6,9H2,1H3. The molecule has 0 heterocycles. The van der Waals surface area contributed by atoms with Crippen LogP contribution in [0.2, 0.25) is 0 Å². The van der Waals surface area contributed by atoms with Crippen molar-refractivity contribution in [2.45, 2.75) is 32.1 Å². The van der Waals surface area contributed by atoms with Gasteiger partial charge in [-0.15, -0.1) is 0 Å². The quantitative estimate of drug-likeness (QED) is 0.673. The Morgan fingerprint density at radius 1 is 1.13 bits per heavy atom. The predicted octanol–water partition coefficient (Wildman–Crippen LogP) is 3.58. The fraction of sp³-hybridized carbons (Fsp3) is 0.429. The molecular weight excluding hydrogens is 184 g/mol. The minimum Gasteiger partial charge on any atom is -0.496 e. The zero-order chi connectivity index (χ0) is 10.3. The molecule has 1 heteroatoms. The summed E-state index contributed by atoms with van der Waals surface area (Å²) in [5, 5.41) is 0. The van der Waals surface area contributed by atoms with Crippen LogP contribution in [0.5, 0.6) is 5.75 Å². The van der Waals surface area contributed by atoms with Crippen LogP contribution in [0.1, 0.15) is 36.8 Å². The zero-order valence-corrected chi connectivity index (χ0v) is 9.18. The van der Waals surface area contributed by atoms with Gasteiger partial charge in [-0.25, -0.2) is 0 Å². The van der Waals surface area contributed by atoms with Crippen molar-refractivity contribution in [3.8, 4) is 5.75 Å². The van der Waals surface area contributed by atoms with Gasteiger partial charge < -0.3 is 4.74 Å². The molecule has 0 radical (unpaired) electrons. The molecule has 0 N–H and O–H groups in total. The number of rotatable bonds is 1. The number of hydrogen-bond donors (Lipinski definition) is 0. The minimum atomic E-state index is 1.07. The van der Waals surface area contributed by atoms with Gasteiger partial charge in [0, 0.05) is 5.56 Å². The number of hydrogen-bond acceptors (Lipinski definition) is 1. The molecule has 0 saturated heterocycles. The summed E-state index contributed by atoms with van der Waals surface area (Å²) in [6, 6.07) is 6.45. The first-order valence-electron chi connectivity index (χ1n) is 5.77. The first kappa shape index (κ1) is 9.02. The lowest BCUT2D eigenvalue weighted by molar-refractivity contribution is 0.410. The molecular formula is C14H16O. The van der Waals surface area contributed by atoms with Crippen LogP contribution in [-0.4, -0.2) is 7.11 Å². The molecule has 0 spiro atoms. The third-order valence-corrected chi connectivity index (χ3v) is 3.65. The van der Waals surface area contributed by atoms with E-state index < -0.39 is 0 Å². The van der Waals surface area contributed by atoms with Crippen molar-refractivity contribution in [1.82, 2.24) is 0 Å². The summed E-state index contributed by atoms with van der Waals surface area (Å²) < 4.78 is 5.44. The van der Waals surface area contributed by atoms with Crippen molar-refractivity contribution in [1.29, 1.82) is 0 Å². The third-order valence-electron chi connectivity index (χ3n) is 3.65. The van der Waals surface area contributed by atoms with Crippen LogP contribution in [0.25, 0.3) is 5.57 Å². The van der Waals surface area contributed by atoms with Crippen LogP contribution in [0.4, 0.5) is 0 Å². The highest BCUT2D eigenvalue weighted by Gasteiger charge is 2.25. The number of allylic oxidation sites excluding steroid dienone is 2. The van der Waals surface area contributed by atoms with E-state index in [0.29, 0.717) is 0 Å². The monoisotopic (exact) mass is 200 g/mol. The highest BCUT2D eigenvalue weighted by molar-refractivity contribution is 5.78. The second-order valence-corrected chi connectivity index (χ2v) is 4.45. The lowest BCUT2D eigenvalue weighted by atomic mass is 9.92. The van der Waals surface area contributed by atoms with E-state index in [9.17, 15) is 0 Å². The second kappa shape index (κ2) is 3.41. The number of benzene rings is 1. The molecule has 0 fully saturated rings. The molecule has 0 saturated carbocycles. The molecule has 0 bridgehead atoms. The topological polar surface area (TPSA) is 9.23 Å². The Morgan fingerprint density at radius 3 is 2.87 bits per heavy atom. The summed E-state index contributed by atoms with van der Waals surface area (Å²) in [4.78, 5) is 0. The summed E-state index contributed by atoms with van der Waals surface area (Å²) in [6.45, 7) is 0. The zero-order valence-electron chi connectivity index (χ0n) is 9.18. The van der Waals surface area contributed by atoms with Crippen LogP contribution in [0.15, 0.2) is 23.8 Å². The van der Waals surface area contributed by atoms with E-state index in [4.69, 9.17) is 4.74 Å². The van der Waals surface area contributed by atoms with Crippen LogP contribution in [-0.2, 0) is 6.42 Å². The van der Waals surface area contributed by atoms with Gasteiger partial charge >= 0.3 is 0 Å². The first-order chi connectivity index (χ1) is 7.40. The maximum atomic E-state index is 5.44. The van der Waals surface area contributed by atoms with Crippen molar-refractivity contribution in [2.75, 3.05) is 7.11 Å². The van der Waals surface area contributed by atoms with Crippen molar-refractivity contribution in [2.24, 2.45) is 0 Å². The first-order valence-corrected chi connectivity index (χ1v) is 5.77. The highest BCUT2D eigenvalue weighted by Crippen LogP contribution is 2.44. The van der Waals surface area contributed by atoms with E-state index in [2.05, 4.69) is 18.2 Å². The number of ether oxygens (including phenoxy) is 1. The van der Waals surface area contributed by atoms with E-state index in [1.807, 2.05) is 0 Å². The predicted molar refractivity (Wildman–Crippen MR) is 62.1 cm³/mol. The average molecular weight is 200 g/mol. The molecule has 0 unspecified atom stereocenters. The van der Waals surface area contributed by atoms with Gasteiger partial charge in [0.25, 0.3) is 0 Å². The molecule has 0 atom stereocenters. The molecule has 1 nitrogen and oxygen atoms in total. The van der Waals surface area contributed by atoms with Gasteiger partial charge in [-0.3, -0.25) is 0 Å². The normalized spacial score (nSPS) is 18.7. The second-order valence-electron chi connectivity index (χ2n) is 4.45. The lowest BCUT2D eigenvalue weighted by Crippen LogP contribution is -1.93. The van der Waals surface area contributed by atoms with Crippen LogP contribution in [0.3, 0.4) is 0 Å². The van der Waals surface area contributed by atoms with Gasteiger partial charge in [-0.2, -0.15) is 0 Å². The Bertz CT molecular complexity index is 429. The smallest absolute Gasteiger partial charge is 0.122 e. The van der Waals surface area contributed by atoms with Crippen molar-refractivity contribution in [3.05, 3.63) is 34.9 Å². The minimum absolute atomic E-state index is 1.07. The van der Waals surface area contributed by atoms with E-state index in [0.717, 1.165) is 12.2 Å². The summed E-state index contributed by atoms with van der Waals surface area (Å²) in [7, 11) is 1.77. The summed E-state index contributed by atoms with van der Waals surface area (Å²) in [6.07, 6.45) is 6.43. The molecule has 78 valence electrons. The molecule has 2 aliphatic rings. The highest BCUT2D eigenvalue weighted by atomic mass is 16.5. The number of methoxy groups -OCH3 is 1. The molecule has 2 aliphatic carbocycles. The molecule has 0 amide bonds. The van der Waals surface area contributed by atoms with Gasteiger partial charge in [0.2, 0.25) is 0 Å². The van der Waals surface area contributed by atoms with Crippen molar-refractivity contribution >= 4 is 5.57 Å². The van der Waals surface area contributed by atoms with E-state index in [1.165, 1.54) is 36.8 Å². The third kappa shape index (κ3) is 1.30. The summed E-state index contributed by atoms with van der Waals surface area (Å²) in [5.74, 6) is 1.07. The van der Waals surface area contributed by atoms with Gasteiger partial charge in [0.1, 0.15) is 5.75 Å². The Morgan fingerprint density at radius 2 is 2.00 bits per heavy atom. The van der Waals surface area contributed by atoms with E-state index in [-0.39, 0.29) is 0 Å². The largest absolute Gasteiger partial charge is 0.496 e. The molecule has 0 aromatic heterocycles. The van der Waals surface area contributed by atoms with Crippen molar-refractivity contribution in [3.63, 3.8) is 0 Å². The molecule has 1 aromatic rings. The average Bonchev–Trinajstić information content (AvgIpc) is 2.67. The Labute approximate surface area is 90.8 Å². The summed E-state index contributed by atoms with van der Waals surface area (Å²) in [5.41, 5.74) is 6.17. The van der Waals surface area contributed by atoms with E-state index >= 15 is 0 Å². The number of fused-ring (bicyclic) bond motifs is 2. The van der Waals surface area contributed by atoms with Gasteiger partial charge in [0.15, 0.2) is 0 Å². The molecule has 3 rings (SSSR count). The van der Waals surface area contributed by atoms with Crippen molar-refractivity contribution < 1.29 is 4.74 Å². The van der Waals surface area contributed by atoms with Gasteiger partial charge in [-0.05, 0) is 49.3 Å². The van der Waals surface area contributed by atoms with Gasteiger partial charge in [0.05, 0.1) is 7.11 Å². The van der Waals surface area contributed by atoms with Crippen LogP contribution < -0.4 is 4.74 Å². The maximum absolute atomic E-state index is 5.44. The lowest BCUT2D eigenvalue weighted by Gasteiger charge is -2.13. The molecule has 1 aromatic carbocycles. The SMILES string of the molecule is COc1cccc2c1CC1=C2CCCC1. The fourth-order valence-electron chi connectivity index (χ4n) is 2.92. The van der Waals surface area contributed by atoms with Crippen LogP contribution >= 0.6 is 0 Å². The fourth-order valence-corrected chi connectivity index (χ4v) is 2.92. The Hall–Kier alpha value is -1.24. The van der Waals surface area contributed by atoms with Crippen LogP contribution in [0, 0.1) is 0 Å². The maximum Gasteiger partial charge on any atom is 0.122 e. The molecule has 0 aliphatic heterocycles. The van der Waals surface area contributed by atoms with E-state index in [1.54, 1.807) is 18.3 Å². The summed E-state index contributed by atoms with van der Waals surface area (Å²) >= 11 is 0. The Kier molecular flexibility index (Phi) is 2.05. The Balaban J connectivity index is 2.10. The molecule has 15 heavy (non-hydrogen) atoms.